The first-order chi connectivity index (χ1) is 14.8. The van der Waals surface area contributed by atoms with E-state index in [1.54, 1.807) is 4.57 Å². The van der Waals surface area contributed by atoms with Crippen molar-refractivity contribution in [1.29, 1.82) is 0 Å². The second kappa shape index (κ2) is 8.70. The topological polar surface area (TPSA) is 80.4 Å². The summed E-state index contributed by atoms with van der Waals surface area (Å²) in [5, 5.41) is 7.43. The average molecular weight is 462 g/mol. The fourth-order valence-electron chi connectivity index (χ4n) is 3.97. The van der Waals surface area contributed by atoms with Gasteiger partial charge in [0.25, 0.3) is 10.2 Å². The number of rotatable bonds is 6. The quantitative estimate of drug-likeness (QED) is 0.565. The Labute approximate surface area is 186 Å². The highest BCUT2D eigenvalue weighted by Gasteiger charge is 2.34. The van der Waals surface area contributed by atoms with Crippen LogP contribution < -0.4 is 5.69 Å². The smallest absolute Gasteiger partial charge is 0.246 e. The molecule has 1 fully saturated rings. The Hall–Kier alpha value is -2.27. The molecule has 1 atom stereocenters. The van der Waals surface area contributed by atoms with Crippen LogP contribution >= 0.6 is 11.3 Å². The number of nitrogens with zero attached hydrogens (tertiary/aromatic N) is 5. The van der Waals surface area contributed by atoms with Crippen LogP contribution in [0.1, 0.15) is 35.7 Å². The molecule has 0 aliphatic carbocycles. The first-order valence-corrected chi connectivity index (χ1v) is 12.5. The van der Waals surface area contributed by atoms with Crippen LogP contribution in [0.4, 0.5) is 0 Å². The Balaban J connectivity index is 1.74. The second-order valence-electron chi connectivity index (χ2n) is 8.06. The highest BCUT2D eigenvalue weighted by Crippen LogP contribution is 2.29. The van der Waals surface area contributed by atoms with Crippen molar-refractivity contribution >= 4 is 21.5 Å². The molecule has 0 spiro atoms. The Bertz CT molecular complexity index is 1210. The number of hydrogen-bond donors (Lipinski definition) is 0. The van der Waals surface area contributed by atoms with Crippen LogP contribution in [0.5, 0.6) is 0 Å². The predicted octanol–water partition coefficient (Wildman–Crippen LogP) is 2.44. The molecule has 1 aromatic carbocycles. The number of aromatic nitrogens is 3. The Morgan fingerprint density at radius 1 is 1.23 bits per heavy atom. The fourth-order valence-corrected chi connectivity index (χ4v) is 5.89. The number of thiophene rings is 1. The molecule has 166 valence electrons. The lowest BCUT2D eigenvalue weighted by Crippen LogP contribution is -2.45. The normalized spacial score (nSPS) is 18.0. The molecule has 2 aromatic heterocycles. The summed E-state index contributed by atoms with van der Waals surface area (Å²) in [6, 6.07) is 11.8. The highest BCUT2D eigenvalue weighted by molar-refractivity contribution is 7.86. The number of piperidine rings is 1. The maximum atomic E-state index is 13.3. The highest BCUT2D eigenvalue weighted by atomic mass is 32.2. The van der Waals surface area contributed by atoms with E-state index >= 15 is 0 Å². The first-order valence-electron chi connectivity index (χ1n) is 10.2. The standard InChI is InChI=1S/C21H27N5O3S2/c1-16-7-4-8-17(13-16)14-25-21(27)26(19-10-6-12-30-19)20(22-25)18-9-5-11-24(15-18)31(28,29)23(2)3/h4,6-8,10,12-13,18H,5,9,11,14-15H2,1-3H3. The summed E-state index contributed by atoms with van der Waals surface area (Å²) in [5.41, 5.74) is 1.93. The largest absolute Gasteiger partial charge is 0.351 e. The summed E-state index contributed by atoms with van der Waals surface area (Å²) in [6.45, 7) is 3.18. The van der Waals surface area contributed by atoms with E-state index in [9.17, 15) is 13.2 Å². The molecule has 0 saturated carbocycles. The molecule has 3 aromatic rings. The lowest BCUT2D eigenvalue weighted by molar-refractivity contribution is 0.291. The van der Waals surface area contributed by atoms with E-state index in [-0.39, 0.29) is 11.6 Å². The van der Waals surface area contributed by atoms with Crippen molar-refractivity contribution in [2.45, 2.75) is 32.2 Å². The minimum Gasteiger partial charge on any atom is -0.246 e. The maximum Gasteiger partial charge on any atom is 0.351 e. The maximum absolute atomic E-state index is 13.3. The molecule has 1 saturated heterocycles. The van der Waals surface area contributed by atoms with Gasteiger partial charge in [-0.3, -0.25) is 0 Å². The van der Waals surface area contributed by atoms with E-state index in [1.165, 1.54) is 38.7 Å². The van der Waals surface area contributed by atoms with Crippen molar-refractivity contribution in [1.82, 2.24) is 23.0 Å². The van der Waals surface area contributed by atoms with Crippen molar-refractivity contribution in [2.75, 3.05) is 27.2 Å². The molecule has 0 radical (unpaired) electrons. The van der Waals surface area contributed by atoms with Gasteiger partial charge in [-0.05, 0) is 42.8 Å². The van der Waals surface area contributed by atoms with Crippen LogP contribution in [0.15, 0.2) is 46.6 Å². The lowest BCUT2D eigenvalue weighted by atomic mass is 9.99. The van der Waals surface area contributed by atoms with E-state index < -0.39 is 10.2 Å². The zero-order chi connectivity index (χ0) is 22.2. The van der Waals surface area contributed by atoms with Gasteiger partial charge in [0.2, 0.25) is 0 Å². The molecule has 1 aliphatic rings. The minimum atomic E-state index is -3.52. The summed E-state index contributed by atoms with van der Waals surface area (Å²) >= 11 is 1.47. The van der Waals surface area contributed by atoms with Gasteiger partial charge in [0, 0.05) is 33.1 Å². The summed E-state index contributed by atoms with van der Waals surface area (Å²) in [6.07, 6.45) is 1.51. The van der Waals surface area contributed by atoms with Gasteiger partial charge in [0.05, 0.1) is 6.54 Å². The van der Waals surface area contributed by atoms with E-state index in [4.69, 9.17) is 5.10 Å². The van der Waals surface area contributed by atoms with Gasteiger partial charge in [-0.15, -0.1) is 11.3 Å². The van der Waals surface area contributed by atoms with Crippen molar-refractivity contribution in [3.8, 4) is 5.00 Å². The molecule has 0 bridgehead atoms. The zero-order valence-electron chi connectivity index (χ0n) is 17.9. The van der Waals surface area contributed by atoms with E-state index in [0.717, 1.165) is 29.0 Å². The van der Waals surface area contributed by atoms with E-state index in [1.807, 2.05) is 48.7 Å². The first kappa shape index (κ1) is 21.9. The fraction of sp³-hybridized carbons (Fsp3) is 0.429. The van der Waals surface area contributed by atoms with Gasteiger partial charge in [-0.25, -0.2) is 14.0 Å². The lowest BCUT2D eigenvalue weighted by Gasteiger charge is -2.32. The summed E-state index contributed by atoms with van der Waals surface area (Å²) in [5.74, 6) is 0.468. The van der Waals surface area contributed by atoms with E-state index in [2.05, 4.69) is 0 Å². The summed E-state index contributed by atoms with van der Waals surface area (Å²) < 4.78 is 31.2. The molecule has 10 heteroatoms. The number of benzene rings is 1. The molecule has 4 rings (SSSR count). The van der Waals surface area contributed by atoms with Crippen LogP contribution in [0.3, 0.4) is 0 Å². The molecule has 1 aliphatic heterocycles. The third-order valence-corrected chi connectivity index (χ3v) is 8.30. The number of hydrogen-bond acceptors (Lipinski definition) is 5. The average Bonchev–Trinajstić information content (AvgIpc) is 3.36. The molecule has 0 N–H and O–H groups in total. The Morgan fingerprint density at radius 3 is 2.71 bits per heavy atom. The van der Waals surface area contributed by atoms with Gasteiger partial charge in [-0.1, -0.05) is 29.8 Å². The minimum absolute atomic E-state index is 0.156. The van der Waals surface area contributed by atoms with Crippen LogP contribution in [0.2, 0.25) is 0 Å². The second-order valence-corrected chi connectivity index (χ2v) is 11.1. The monoisotopic (exact) mass is 461 g/mol. The third kappa shape index (κ3) is 4.38. The Kier molecular flexibility index (Phi) is 6.16. The third-order valence-electron chi connectivity index (χ3n) is 5.54. The predicted molar refractivity (Wildman–Crippen MR) is 122 cm³/mol. The van der Waals surface area contributed by atoms with Crippen molar-refractivity contribution in [3.63, 3.8) is 0 Å². The SMILES string of the molecule is Cc1cccc(Cn2nc(C3CCCN(S(=O)(=O)N(C)C)C3)n(-c3cccs3)c2=O)c1. The summed E-state index contributed by atoms with van der Waals surface area (Å²) in [7, 11) is -0.439. The molecule has 8 nitrogen and oxygen atoms in total. The molecular weight excluding hydrogens is 434 g/mol. The van der Waals surface area contributed by atoms with Crippen LogP contribution in [0.25, 0.3) is 5.00 Å². The summed E-state index contributed by atoms with van der Waals surface area (Å²) in [4.78, 5) is 13.3. The molecule has 3 heterocycles. The van der Waals surface area contributed by atoms with Crippen LogP contribution in [-0.2, 0) is 16.8 Å². The van der Waals surface area contributed by atoms with Crippen molar-refractivity contribution < 1.29 is 8.42 Å². The zero-order valence-corrected chi connectivity index (χ0v) is 19.6. The van der Waals surface area contributed by atoms with E-state index in [0.29, 0.717) is 25.5 Å². The van der Waals surface area contributed by atoms with Gasteiger partial charge >= 0.3 is 5.69 Å². The van der Waals surface area contributed by atoms with Gasteiger partial charge in [-0.2, -0.15) is 22.1 Å². The van der Waals surface area contributed by atoms with Crippen molar-refractivity contribution in [2.24, 2.45) is 0 Å². The Morgan fingerprint density at radius 2 is 2.03 bits per heavy atom. The van der Waals surface area contributed by atoms with Crippen LogP contribution in [0, 0.1) is 6.92 Å². The van der Waals surface area contributed by atoms with Gasteiger partial charge in [0.1, 0.15) is 10.8 Å². The number of aryl methyl sites for hydroxylation is 1. The molecular formula is C21H27N5O3S2. The van der Waals surface area contributed by atoms with Gasteiger partial charge in [0.15, 0.2) is 0 Å². The molecule has 31 heavy (non-hydrogen) atoms. The molecule has 1 unspecified atom stereocenters. The molecule has 0 amide bonds. The van der Waals surface area contributed by atoms with Crippen LogP contribution in [-0.4, -0.2) is 58.6 Å². The van der Waals surface area contributed by atoms with Crippen molar-refractivity contribution in [3.05, 3.63) is 69.2 Å². The van der Waals surface area contributed by atoms with Gasteiger partial charge < -0.3 is 0 Å².